The molecular formula is C17H17FN2O4S. The van der Waals surface area contributed by atoms with Crippen molar-refractivity contribution in [1.82, 2.24) is 0 Å². The van der Waals surface area contributed by atoms with Crippen LogP contribution < -0.4 is 14.4 Å². The van der Waals surface area contributed by atoms with Gasteiger partial charge in [0.2, 0.25) is 5.91 Å². The zero-order chi connectivity index (χ0) is 18.0. The smallest absolute Gasteiger partial charge is 0.265 e. The summed E-state index contributed by atoms with van der Waals surface area (Å²) < 4.78 is 46.0. The summed E-state index contributed by atoms with van der Waals surface area (Å²) in [7, 11) is -2.61. The normalized spacial score (nSPS) is 14.6. The first-order chi connectivity index (χ1) is 11.9. The van der Waals surface area contributed by atoms with E-state index in [0.717, 1.165) is 18.6 Å². The molecule has 1 amide bonds. The molecule has 1 aliphatic rings. The number of halogens is 1. The van der Waals surface area contributed by atoms with Gasteiger partial charge in [0.25, 0.3) is 10.0 Å². The van der Waals surface area contributed by atoms with Crippen molar-refractivity contribution in [2.45, 2.75) is 17.7 Å². The molecule has 6 nitrogen and oxygen atoms in total. The van der Waals surface area contributed by atoms with E-state index in [-0.39, 0.29) is 22.2 Å². The van der Waals surface area contributed by atoms with Crippen molar-refractivity contribution in [2.75, 3.05) is 23.3 Å². The van der Waals surface area contributed by atoms with Crippen molar-refractivity contribution >= 4 is 27.3 Å². The Morgan fingerprint density at radius 2 is 1.88 bits per heavy atom. The van der Waals surface area contributed by atoms with E-state index in [1.54, 1.807) is 11.0 Å². The number of carbonyl (C=O) groups is 1. The zero-order valence-electron chi connectivity index (χ0n) is 13.5. The molecule has 0 bridgehead atoms. The number of methoxy groups -OCH3 is 1. The van der Waals surface area contributed by atoms with Crippen LogP contribution in [0, 0.1) is 5.82 Å². The first-order valence-electron chi connectivity index (χ1n) is 7.67. The molecule has 1 heterocycles. The fourth-order valence-corrected chi connectivity index (χ4v) is 3.94. The highest BCUT2D eigenvalue weighted by Crippen LogP contribution is 2.32. The Balaban J connectivity index is 1.98. The zero-order valence-corrected chi connectivity index (χ0v) is 14.3. The average Bonchev–Trinajstić information content (AvgIpc) is 3.02. The third-order valence-corrected chi connectivity index (χ3v) is 5.32. The Kier molecular flexibility index (Phi) is 4.63. The SMILES string of the molecule is COc1ccc(N2CCCC2=O)cc1S(=O)(=O)Nc1ccc(F)cc1. The predicted molar refractivity (Wildman–Crippen MR) is 91.8 cm³/mol. The summed E-state index contributed by atoms with van der Waals surface area (Å²) >= 11 is 0. The Bertz CT molecular complexity index is 897. The Labute approximate surface area is 145 Å². The minimum Gasteiger partial charge on any atom is -0.495 e. The quantitative estimate of drug-likeness (QED) is 0.885. The lowest BCUT2D eigenvalue weighted by Crippen LogP contribution is -2.24. The van der Waals surface area contributed by atoms with Crippen LogP contribution in [0.4, 0.5) is 15.8 Å². The lowest BCUT2D eigenvalue weighted by atomic mass is 10.3. The van der Waals surface area contributed by atoms with Gasteiger partial charge in [0.05, 0.1) is 7.11 Å². The molecule has 1 N–H and O–H groups in total. The molecule has 1 aliphatic heterocycles. The summed E-state index contributed by atoms with van der Waals surface area (Å²) in [6, 6.07) is 9.55. The largest absolute Gasteiger partial charge is 0.495 e. The van der Waals surface area contributed by atoms with Crippen molar-refractivity contribution in [3.05, 3.63) is 48.3 Å². The number of anilines is 2. The fourth-order valence-electron chi connectivity index (χ4n) is 2.69. The molecule has 1 fully saturated rings. The number of amides is 1. The van der Waals surface area contributed by atoms with Crippen LogP contribution in [-0.4, -0.2) is 28.0 Å². The monoisotopic (exact) mass is 364 g/mol. The highest BCUT2D eigenvalue weighted by atomic mass is 32.2. The van der Waals surface area contributed by atoms with E-state index >= 15 is 0 Å². The topological polar surface area (TPSA) is 75.7 Å². The number of carbonyl (C=O) groups excluding carboxylic acids is 1. The number of sulfonamides is 1. The molecular weight excluding hydrogens is 347 g/mol. The molecule has 2 aromatic rings. The van der Waals surface area contributed by atoms with E-state index in [9.17, 15) is 17.6 Å². The first-order valence-corrected chi connectivity index (χ1v) is 9.16. The predicted octanol–water partition coefficient (Wildman–Crippen LogP) is 2.76. The maximum absolute atomic E-state index is 13.0. The molecule has 132 valence electrons. The van der Waals surface area contributed by atoms with Crippen LogP contribution in [0.15, 0.2) is 47.4 Å². The van der Waals surface area contributed by atoms with Crippen LogP contribution >= 0.6 is 0 Å². The Morgan fingerprint density at radius 1 is 1.16 bits per heavy atom. The summed E-state index contributed by atoms with van der Waals surface area (Å²) in [5.41, 5.74) is 0.730. The molecule has 0 radical (unpaired) electrons. The molecule has 0 saturated carbocycles. The standard InChI is InChI=1S/C17H17FN2O4S/c1-24-15-9-8-14(20-10-2-3-17(20)21)11-16(15)25(22,23)19-13-6-4-12(18)5-7-13/h4-9,11,19H,2-3,10H2,1H3. The Hall–Kier alpha value is -2.61. The van der Waals surface area contributed by atoms with Crippen LogP contribution in [0.3, 0.4) is 0 Å². The summed E-state index contributed by atoms with van der Waals surface area (Å²) in [5, 5.41) is 0. The summed E-state index contributed by atoms with van der Waals surface area (Å²) in [4.78, 5) is 13.4. The Morgan fingerprint density at radius 3 is 2.48 bits per heavy atom. The second-order valence-electron chi connectivity index (χ2n) is 5.60. The summed E-state index contributed by atoms with van der Waals surface area (Å²) in [5.74, 6) is -0.347. The maximum atomic E-state index is 13.0. The van der Waals surface area contributed by atoms with E-state index in [1.165, 1.54) is 31.4 Å². The second kappa shape index (κ2) is 6.72. The third kappa shape index (κ3) is 3.58. The van der Waals surface area contributed by atoms with Crippen molar-refractivity contribution in [1.29, 1.82) is 0 Å². The van der Waals surface area contributed by atoms with Gasteiger partial charge in [0.15, 0.2) is 0 Å². The minimum atomic E-state index is -3.97. The summed E-state index contributed by atoms with van der Waals surface area (Å²) in [6.07, 6.45) is 1.18. The molecule has 0 spiro atoms. The molecule has 0 aromatic heterocycles. The molecule has 25 heavy (non-hydrogen) atoms. The van der Waals surface area contributed by atoms with Gasteiger partial charge in [-0.2, -0.15) is 0 Å². The van der Waals surface area contributed by atoms with Gasteiger partial charge >= 0.3 is 0 Å². The fraction of sp³-hybridized carbons (Fsp3) is 0.235. The van der Waals surface area contributed by atoms with Crippen LogP contribution in [-0.2, 0) is 14.8 Å². The van der Waals surface area contributed by atoms with Crippen LogP contribution in [0.25, 0.3) is 0 Å². The number of rotatable bonds is 5. The number of hydrogen-bond donors (Lipinski definition) is 1. The van der Waals surface area contributed by atoms with Crippen molar-refractivity contribution in [2.24, 2.45) is 0 Å². The number of hydrogen-bond acceptors (Lipinski definition) is 4. The second-order valence-corrected chi connectivity index (χ2v) is 7.25. The number of ether oxygens (including phenoxy) is 1. The van der Waals surface area contributed by atoms with Gasteiger partial charge in [-0.25, -0.2) is 12.8 Å². The molecule has 0 unspecified atom stereocenters. The third-order valence-electron chi connectivity index (χ3n) is 3.92. The van der Waals surface area contributed by atoms with Crippen LogP contribution in [0.2, 0.25) is 0 Å². The van der Waals surface area contributed by atoms with E-state index in [1.807, 2.05) is 0 Å². The number of benzene rings is 2. The van der Waals surface area contributed by atoms with E-state index in [2.05, 4.69) is 4.72 Å². The first kappa shape index (κ1) is 17.2. The maximum Gasteiger partial charge on any atom is 0.265 e. The van der Waals surface area contributed by atoms with Gasteiger partial charge < -0.3 is 9.64 Å². The number of nitrogens with one attached hydrogen (secondary N) is 1. The van der Waals surface area contributed by atoms with Crippen molar-refractivity contribution in [3.63, 3.8) is 0 Å². The van der Waals surface area contributed by atoms with Crippen molar-refractivity contribution in [3.8, 4) is 5.75 Å². The van der Waals surface area contributed by atoms with Gasteiger partial charge in [-0.1, -0.05) is 0 Å². The lowest BCUT2D eigenvalue weighted by molar-refractivity contribution is -0.117. The molecule has 3 rings (SSSR count). The van der Waals surface area contributed by atoms with Gasteiger partial charge in [0, 0.05) is 24.3 Å². The molecule has 0 atom stereocenters. The van der Waals surface area contributed by atoms with E-state index in [4.69, 9.17) is 4.74 Å². The lowest BCUT2D eigenvalue weighted by Gasteiger charge is -2.18. The molecule has 1 saturated heterocycles. The van der Waals surface area contributed by atoms with Gasteiger partial charge in [-0.3, -0.25) is 9.52 Å². The van der Waals surface area contributed by atoms with Gasteiger partial charge in [0.1, 0.15) is 16.5 Å². The van der Waals surface area contributed by atoms with Crippen molar-refractivity contribution < 1.29 is 22.3 Å². The summed E-state index contributed by atoms with van der Waals surface area (Å²) in [6.45, 7) is 0.552. The highest BCUT2D eigenvalue weighted by molar-refractivity contribution is 7.92. The van der Waals surface area contributed by atoms with Gasteiger partial charge in [-0.05, 0) is 48.9 Å². The van der Waals surface area contributed by atoms with E-state index in [0.29, 0.717) is 18.7 Å². The van der Waals surface area contributed by atoms with Crippen LogP contribution in [0.5, 0.6) is 5.75 Å². The average molecular weight is 364 g/mol. The molecule has 8 heteroatoms. The minimum absolute atomic E-state index is 0.0417. The van der Waals surface area contributed by atoms with Crippen LogP contribution in [0.1, 0.15) is 12.8 Å². The van der Waals surface area contributed by atoms with Gasteiger partial charge in [-0.15, -0.1) is 0 Å². The number of nitrogens with zero attached hydrogens (tertiary/aromatic N) is 1. The molecule has 0 aliphatic carbocycles. The van der Waals surface area contributed by atoms with E-state index < -0.39 is 15.8 Å². The highest BCUT2D eigenvalue weighted by Gasteiger charge is 2.26. The molecule has 2 aromatic carbocycles.